The van der Waals surface area contributed by atoms with E-state index in [9.17, 15) is 14.4 Å². The van der Waals surface area contributed by atoms with E-state index in [0.717, 1.165) is 11.1 Å². The van der Waals surface area contributed by atoms with Crippen molar-refractivity contribution >= 4 is 12.1 Å². The van der Waals surface area contributed by atoms with Crippen molar-refractivity contribution in [3.8, 4) is 5.75 Å². The van der Waals surface area contributed by atoms with E-state index >= 15 is 0 Å². The Morgan fingerprint density at radius 3 is 2.57 bits per heavy atom. The molecular weight excluding hydrogens is 362 g/mol. The monoisotopic (exact) mass is 379 g/mol. The molecule has 28 heavy (non-hydrogen) atoms. The number of H-pyrrole nitrogens is 2. The number of hydrazone groups is 1. The van der Waals surface area contributed by atoms with Gasteiger partial charge in [-0.2, -0.15) is 10.2 Å². The number of carbonyl (C=O) groups excluding carboxylic acids is 1. The first kappa shape index (κ1) is 18.8. The third-order valence-electron chi connectivity index (χ3n) is 3.64. The molecule has 0 saturated carbocycles. The topological polar surface area (TPSA) is 129 Å². The molecule has 9 heteroatoms. The Morgan fingerprint density at radius 1 is 1.11 bits per heavy atom. The van der Waals surface area contributed by atoms with Crippen LogP contribution in [0.15, 0.2) is 69.3 Å². The van der Waals surface area contributed by atoms with Gasteiger partial charge in [0.05, 0.1) is 12.6 Å². The predicted molar refractivity (Wildman–Crippen MR) is 102 cm³/mol. The second-order valence-electron chi connectivity index (χ2n) is 5.77. The Hall–Kier alpha value is -4.01. The minimum Gasteiger partial charge on any atom is -0.489 e. The number of nitrogens with one attached hydrogen (secondary N) is 3. The molecule has 1 aromatic heterocycles. The number of benzene rings is 2. The molecule has 142 valence electrons. The lowest BCUT2D eigenvalue weighted by atomic mass is 10.2. The minimum atomic E-state index is -0.733. The maximum absolute atomic E-state index is 11.8. The average Bonchev–Trinajstić information content (AvgIpc) is 2.70. The standard InChI is InChI=1S/C19H17N5O4/c25-17(10-16-18(26)21-19(27)24-22-16)23-20-11-13-6-8-15(9-7-13)28-12-14-4-2-1-3-5-14/h1-9,11H,10,12H2,(H,23,25)(H2,21,24,26,27). The summed E-state index contributed by atoms with van der Waals surface area (Å²) in [6, 6.07) is 17.0. The number of aromatic amines is 2. The quantitative estimate of drug-likeness (QED) is 0.412. The zero-order valence-corrected chi connectivity index (χ0v) is 14.7. The third kappa shape index (κ3) is 5.49. The number of aromatic nitrogens is 3. The first-order chi connectivity index (χ1) is 13.6. The Bertz CT molecular complexity index is 1070. The molecule has 0 radical (unpaired) electrons. The summed E-state index contributed by atoms with van der Waals surface area (Å²) in [5.74, 6) is 0.178. The van der Waals surface area contributed by atoms with Crippen LogP contribution in [0.25, 0.3) is 0 Å². The van der Waals surface area contributed by atoms with Crippen LogP contribution in [0.5, 0.6) is 5.75 Å². The Kier molecular flexibility index (Phi) is 6.09. The fourth-order valence-electron chi connectivity index (χ4n) is 2.25. The van der Waals surface area contributed by atoms with Crippen molar-refractivity contribution in [3.05, 3.63) is 92.3 Å². The van der Waals surface area contributed by atoms with Crippen molar-refractivity contribution in [1.82, 2.24) is 20.6 Å². The molecule has 0 aliphatic rings. The molecule has 9 nitrogen and oxygen atoms in total. The highest BCUT2D eigenvalue weighted by Crippen LogP contribution is 2.13. The molecule has 0 unspecified atom stereocenters. The van der Waals surface area contributed by atoms with Crippen LogP contribution >= 0.6 is 0 Å². The van der Waals surface area contributed by atoms with Gasteiger partial charge in [0.1, 0.15) is 18.1 Å². The summed E-state index contributed by atoms with van der Waals surface area (Å²) in [7, 11) is 0. The molecule has 3 N–H and O–H groups in total. The van der Waals surface area contributed by atoms with E-state index in [0.29, 0.717) is 12.4 Å². The van der Waals surface area contributed by atoms with Gasteiger partial charge < -0.3 is 4.74 Å². The van der Waals surface area contributed by atoms with Crippen LogP contribution in [0.2, 0.25) is 0 Å². The molecule has 0 atom stereocenters. The van der Waals surface area contributed by atoms with Crippen LogP contribution in [0.3, 0.4) is 0 Å². The lowest BCUT2D eigenvalue weighted by Crippen LogP contribution is -2.31. The zero-order valence-electron chi connectivity index (χ0n) is 14.7. The molecule has 0 aliphatic carbocycles. The maximum Gasteiger partial charge on any atom is 0.342 e. The summed E-state index contributed by atoms with van der Waals surface area (Å²) in [5.41, 5.74) is 2.58. The van der Waals surface area contributed by atoms with Gasteiger partial charge in [0.25, 0.3) is 5.56 Å². The number of amides is 1. The summed E-state index contributed by atoms with van der Waals surface area (Å²) >= 11 is 0. The molecule has 1 heterocycles. The lowest BCUT2D eigenvalue weighted by Gasteiger charge is -2.06. The van der Waals surface area contributed by atoms with Crippen LogP contribution < -0.4 is 21.4 Å². The second-order valence-corrected chi connectivity index (χ2v) is 5.77. The van der Waals surface area contributed by atoms with Gasteiger partial charge >= 0.3 is 5.69 Å². The molecule has 0 spiro atoms. The maximum atomic E-state index is 11.8. The summed E-state index contributed by atoms with van der Waals surface area (Å²) in [6.07, 6.45) is 1.15. The van der Waals surface area contributed by atoms with Crippen molar-refractivity contribution in [2.45, 2.75) is 13.0 Å². The van der Waals surface area contributed by atoms with Crippen molar-refractivity contribution < 1.29 is 9.53 Å². The predicted octanol–water partition coefficient (Wildman–Crippen LogP) is 0.730. The van der Waals surface area contributed by atoms with Gasteiger partial charge in [0, 0.05) is 0 Å². The number of hydrogen-bond acceptors (Lipinski definition) is 6. The van der Waals surface area contributed by atoms with Gasteiger partial charge in [-0.05, 0) is 35.4 Å². The first-order valence-electron chi connectivity index (χ1n) is 8.37. The van der Waals surface area contributed by atoms with Gasteiger partial charge in [0.2, 0.25) is 5.91 Å². The summed E-state index contributed by atoms with van der Waals surface area (Å²) in [4.78, 5) is 36.1. The van der Waals surface area contributed by atoms with Gasteiger partial charge in [0.15, 0.2) is 0 Å². The van der Waals surface area contributed by atoms with Crippen LogP contribution in [0.4, 0.5) is 0 Å². The van der Waals surface area contributed by atoms with Crippen LogP contribution in [-0.2, 0) is 17.8 Å². The Balaban J connectivity index is 1.49. The largest absolute Gasteiger partial charge is 0.489 e. The highest BCUT2D eigenvalue weighted by Gasteiger charge is 2.08. The number of carbonyl (C=O) groups is 1. The SMILES string of the molecule is O=C(Cc1n[nH]c(=O)[nH]c1=O)NN=Cc1ccc(OCc2ccccc2)cc1. The van der Waals surface area contributed by atoms with Crippen molar-refractivity contribution in [2.24, 2.45) is 5.10 Å². The van der Waals surface area contributed by atoms with Crippen molar-refractivity contribution in [1.29, 1.82) is 0 Å². The van der Waals surface area contributed by atoms with E-state index in [4.69, 9.17) is 4.74 Å². The summed E-state index contributed by atoms with van der Waals surface area (Å²) < 4.78 is 5.70. The van der Waals surface area contributed by atoms with Gasteiger partial charge in [-0.15, -0.1) is 0 Å². The highest BCUT2D eigenvalue weighted by molar-refractivity contribution is 5.83. The molecule has 2 aromatic carbocycles. The van der Waals surface area contributed by atoms with Gasteiger partial charge in [-0.3, -0.25) is 14.6 Å². The second kappa shape index (κ2) is 9.08. The molecule has 3 aromatic rings. The first-order valence-corrected chi connectivity index (χ1v) is 8.37. The fourth-order valence-corrected chi connectivity index (χ4v) is 2.25. The van der Waals surface area contributed by atoms with Gasteiger partial charge in [-0.25, -0.2) is 15.3 Å². The molecule has 3 rings (SSSR count). The normalized spacial score (nSPS) is 10.7. The number of hydrogen-bond donors (Lipinski definition) is 3. The van der Waals surface area contributed by atoms with Gasteiger partial charge in [-0.1, -0.05) is 30.3 Å². The molecule has 0 aliphatic heterocycles. The molecule has 0 fully saturated rings. The van der Waals surface area contributed by atoms with Crippen molar-refractivity contribution in [3.63, 3.8) is 0 Å². The van der Waals surface area contributed by atoms with E-state index < -0.39 is 17.2 Å². The average molecular weight is 379 g/mol. The van der Waals surface area contributed by atoms with Crippen molar-refractivity contribution in [2.75, 3.05) is 0 Å². The molecular formula is C19H17N5O4. The molecule has 0 saturated heterocycles. The minimum absolute atomic E-state index is 0.104. The third-order valence-corrected chi connectivity index (χ3v) is 3.64. The smallest absolute Gasteiger partial charge is 0.342 e. The number of ether oxygens (including phenoxy) is 1. The summed E-state index contributed by atoms with van der Waals surface area (Å²) in [5, 5.41) is 9.42. The van der Waals surface area contributed by atoms with E-state index in [1.165, 1.54) is 6.21 Å². The fraction of sp³-hybridized carbons (Fsp3) is 0.105. The van der Waals surface area contributed by atoms with E-state index in [-0.39, 0.29) is 12.1 Å². The summed E-state index contributed by atoms with van der Waals surface area (Å²) in [6.45, 7) is 0.474. The van der Waals surface area contributed by atoms with E-state index in [1.54, 1.807) is 24.3 Å². The van der Waals surface area contributed by atoms with E-state index in [1.807, 2.05) is 35.3 Å². The lowest BCUT2D eigenvalue weighted by molar-refractivity contribution is -0.120. The van der Waals surface area contributed by atoms with Crippen LogP contribution in [0, 0.1) is 0 Å². The molecule has 1 amide bonds. The zero-order chi connectivity index (χ0) is 19.8. The van der Waals surface area contributed by atoms with E-state index in [2.05, 4.69) is 20.7 Å². The molecule has 0 bridgehead atoms. The Morgan fingerprint density at radius 2 is 1.86 bits per heavy atom. The van der Waals surface area contributed by atoms with Crippen LogP contribution in [-0.4, -0.2) is 27.3 Å². The number of nitrogens with zero attached hydrogens (tertiary/aromatic N) is 2. The highest BCUT2D eigenvalue weighted by atomic mass is 16.5. The Labute approximate surface area is 159 Å². The number of rotatable bonds is 7. The van der Waals surface area contributed by atoms with Crippen LogP contribution in [0.1, 0.15) is 16.8 Å².